The van der Waals surface area contributed by atoms with E-state index in [0.717, 1.165) is 50.0 Å². The number of hydrogen-bond donors (Lipinski definition) is 2. The van der Waals surface area contributed by atoms with E-state index in [1.165, 1.54) is 0 Å². The third-order valence-corrected chi connectivity index (χ3v) is 8.73. The molecule has 1 heterocycles. The summed E-state index contributed by atoms with van der Waals surface area (Å²) in [6.45, 7) is 10.1. The van der Waals surface area contributed by atoms with Crippen LogP contribution in [-0.4, -0.2) is 61.0 Å². The number of para-hydroxylation sites is 1. The van der Waals surface area contributed by atoms with Gasteiger partial charge in [0.25, 0.3) is 0 Å². The molecule has 4 atom stereocenters. The summed E-state index contributed by atoms with van der Waals surface area (Å²) < 4.78 is 11.0. The van der Waals surface area contributed by atoms with Crippen LogP contribution in [0.3, 0.4) is 0 Å². The number of ether oxygens (including phenoxy) is 2. The van der Waals surface area contributed by atoms with E-state index in [4.69, 9.17) is 9.47 Å². The number of hydrogen-bond acceptors (Lipinski definition) is 5. The molecule has 0 spiro atoms. The highest BCUT2D eigenvalue weighted by atomic mass is 16.5. The van der Waals surface area contributed by atoms with Crippen LogP contribution in [0.4, 0.5) is 0 Å². The normalized spacial score (nSPS) is 33.5. The lowest BCUT2D eigenvalue weighted by molar-refractivity contribution is -0.137. The zero-order valence-corrected chi connectivity index (χ0v) is 20.9. The van der Waals surface area contributed by atoms with Crippen LogP contribution < -0.4 is 10.1 Å². The van der Waals surface area contributed by atoms with Gasteiger partial charge in [-0.2, -0.15) is 0 Å². The number of methoxy groups -OCH3 is 1. The Morgan fingerprint density at radius 3 is 2.64 bits per heavy atom. The zero-order valence-electron chi connectivity index (χ0n) is 20.9. The average molecular weight is 459 g/mol. The molecule has 4 unspecified atom stereocenters. The van der Waals surface area contributed by atoms with Crippen LogP contribution in [0.25, 0.3) is 0 Å². The topological polar surface area (TPSA) is 71.0 Å². The van der Waals surface area contributed by atoms with Gasteiger partial charge in [-0.1, -0.05) is 32.0 Å². The lowest BCUT2D eigenvalue weighted by Crippen LogP contribution is -2.51. The Bertz CT molecular complexity index is 833. The van der Waals surface area contributed by atoms with E-state index in [9.17, 15) is 9.90 Å². The minimum atomic E-state index is -0.628. The summed E-state index contributed by atoms with van der Waals surface area (Å²) in [6, 6.07) is 8.47. The number of fused-ring (bicyclic) bond motifs is 1. The molecule has 4 rings (SSSR count). The molecule has 2 aliphatic carbocycles. The van der Waals surface area contributed by atoms with Gasteiger partial charge in [0.2, 0.25) is 5.91 Å². The van der Waals surface area contributed by atoms with Gasteiger partial charge >= 0.3 is 0 Å². The maximum absolute atomic E-state index is 13.1. The predicted molar refractivity (Wildman–Crippen MR) is 129 cm³/mol. The molecule has 2 N–H and O–H groups in total. The van der Waals surface area contributed by atoms with Crippen molar-refractivity contribution in [3.63, 3.8) is 0 Å². The molecular weight excluding hydrogens is 416 g/mol. The minimum absolute atomic E-state index is 0.00963. The maximum atomic E-state index is 13.1. The number of carbonyl (C=O) groups excluding carboxylic acids is 1. The van der Waals surface area contributed by atoms with Crippen molar-refractivity contribution in [2.75, 3.05) is 33.4 Å². The van der Waals surface area contributed by atoms with Gasteiger partial charge in [-0.05, 0) is 61.8 Å². The van der Waals surface area contributed by atoms with Gasteiger partial charge in [-0.3, -0.25) is 4.79 Å². The number of carbonyl (C=O) groups is 1. The molecule has 1 aromatic rings. The number of aliphatic hydroxyl groups is 1. The summed E-state index contributed by atoms with van der Waals surface area (Å²) >= 11 is 0. The number of amides is 1. The summed E-state index contributed by atoms with van der Waals surface area (Å²) in [5, 5.41) is 14.9. The van der Waals surface area contributed by atoms with E-state index in [1.54, 1.807) is 7.11 Å². The molecule has 3 fully saturated rings. The van der Waals surface area contributed by atoms with Crippen molar-refractivity contribution in [2.24, 2.45) is 16.7 Å². The summed E-state index contributed by atoms with van der Waals surface area (Å²) in [7, 11) is 1.72. The fraction of sp³-hybridized carbons (Fsp3) is 0.741. The van der Waals surface area contributed by atoms with Crippen LogP contribution in [0.1, 0.15) is 64.9 Å². The van der Waals surface area contributed by atoms with Crippen LogP contribution in [-0.2, 0) is 16.1 Å². The van der Waals surface area contributed by atoms with Crippen molar-refractivity contribution in [3.05, 3.63) is 29.8 Å². The molecule has 0 aromatic heterocycles. The van der Waals surface area contributed by atoms with Crippen LogP contribution >= 0.6 is 0 Å². The minimum Gasteiger partial charge on any atom is -0.496 e. The van der Waals surface area contributed by atoms with Crippen LogP contribution in [0.5, 0.6) is 5.75 Å². The molecular formula is C27H42N2O4. The highest BCUT2D eigenvalue weighted by molar-refractivity contribution is 5.76. The molecule has 6 heteroatoms. The maximum Gasteiger partial charge on any atom is 0.222 e. The van der Waals surface area contributed by atoms with Gasteiger partial charge in [-0.15, -0.1) is 0 Å². The lowest BCUT2D eigenvalue weighted by atomic mass is 9.57. The Morgan fingerprint density at radius 2 is 1.91 bits per heavy atom. The standard InChI is InChI=1S/C27H42N2O4/c1-25(2)18-23(28-19-20-7-5-6-8-21(20)32-4)27(12-11-26(3,31)17-22(25)27)10-9-24(30)29-13-15-33-16-14-29/h5-8,22-23,28,31H,9-19H2,1-4H3. The second-order valence-corrected chi connectivity index (χ2v) is 11.4. The molecule has 6 nitrogen and oxygen atoms in total. The Balaban J connectivity index is 1.55. The summed E-state index contributed by atoms with van der Waals surface area (Å²) in [5.74, 6) is 1.53. The Labute approximate surface area is 199 Å². The number of nitrogens with zero attached hydrogens (tertiary/aromatic N) is 1. The molecule has 2 saturated carbocycles. The largest absolute Gasteiger partial charge is 0.496 e. The van der Waals surface area contributed by atoms with Crippen molar-refractivity contribution < 1.29 is 19.4 Å². The number of nitrogens with one attached hydrogen (secondary N) is 1. The zero-order chi connectivity index (χ0) is 23.7. The molecule has 184 valence electrons. The first-order valence-corrected chi connectivity index (χ1v) is 12.6. The SMILES string of the molecule is COc1ccccc1CNC1CC(C)(C)C2CC(C)(O)CCC12CCC(=O)N1CCOCC1. The quantitative estimate of drug-likeness (QED) is 0.651. The fourth-order valence-corrected chi connectivity index (χ4v) is 6.91. The lowest BCUT2D eigenvalue weighted by Gasteiger charge is -2.51. The first-order chi connectivity index (χ1) is 15.7. The number of rotatable bonds is 7. The van der Waals surface area contributed by atoms with Crippen molar-refractivity contribution >= 4 is 5.91 Å². The number of benzene rings is 1. The highest BCUT2D eigenvalue weighted by Crippen LogP contribution is 2.64. The van der Waals surface area contributed by atoms with E-state index < -0.39 is 5.60 Å². The Hall–Kier alpha value is -1.63. The van der Waals surface area contributed by atoms with Gasteiger partial charge in [0.15, 0.2) is 0 Å². The first kappa shape index (κ1) is 24.5. The summed E-state index contributed by atoms with van der Waals surface area (Å²) in [5.41, 5.74) is 0.640. The van der Waals surface area contributed by atoms with Crippen molar-refractivity contribution in [1.29, 1.82) is 0 Å². The first-order valence-electron chi connectivity index (χ1n) is 12.6. The fourth-order valence-electron chi connectivity index (χ4n) is 6.91. The molecule has 1 aromatic carbocycles. The van der Waals surface area contributed by atoms with Crippen molar-refractivity contribution in [2.45, 2.75) is 77.5 Å². The Kier molecular flexibility index (Phi) is 7.09. The second kappa shape index (κ2) is 9.55. The molecule has 1 amide bonds. The average Bonchev–Trinajstić information content (AvgIpc) is 3.02. The smallest absolute Gasteiger partial charge is 0.222 e. The highest BCUT2D eigenvalue weighted by Gasteiger charge is 2.61. The van der Waals surface area contributed by atoms with E-state index in [2.05, 4.69) is 31.3 Å². The number of morpholine rings is 1. The van der Waals surface area contributed by atoms with Gasteiger partial charge in [-0.25, -0.2) is 0 Å². The molecule has 1 saturated heterocycles. The van der Waals surface area contributed by atoms with E-state index in [0.29, 0.717) is 44.7 Å². The van der Waals surface area contributed by atoms with Gasteiger partial charge in [0.1, 0.15) is 5.75 Å². The van der Waals surface area contributed by atoms with Crippen molar-refractivity contribution in [1.82, 2.24) is 10.2 Å². The monoisotopic (exact) mass is 458 g/mol. The summed E-state index contributed by atoms with van der Waals surface area (Å²) in [6.07, 6.45) is 5.04. The van der Waals surface area contributed by atoms with Gasteiger partial charge in [0.05, 0.1) is 25.9 Å². The predicted octanol–water partition coefficient (Wildman–Crippen LogP) is 3.76. The van der Waals surface area contributed by atoms with Gasteiger partial charge in [0, 0.05) is 37.7 Å². The molecule has 0 bridgehead atoms. The third-order valence-electron chi connectivity index (χ3n) is 8.73. The van der Waals surface area contributed by atoms with Gasteiger partial charge < -0.3 is 24.8 Å². The third kappa shape index (κ3) is 5.08. The van der Waals surface area contributed by atoms with Crippen molar-refractivity contribution in [3.8, 4) is 5.75 Å². The van der Waals surface area contributed by atoms with Crippen LogP contribution in [0.2, 0.25) is 0 Å². The van der Waals surface area contributed by atoms with Crippen LogP contribution in [0, 0.1) is 16.7 Å². The molecule has 0 radical (unpaired) electrons. The van der Waals surface area contributed by atoms with Crippen LogP contribution in [0.15, 0.2) is 24.3 Å². The molecule has 1 aliphatic heterocycles. The molecule has 3 aliphatic rings. The Morgan fingerprint density at radius 1 is 1.18 bits per heavy atom. The molecule has 33 heavy (non-hydrogen) atoms. The summed E-state index contributed by atoms with van der Waals surface area (Å²) in [4.78, 5) is 15.0. The van der Waals surface area contributed by atoms with E-state index in [-0.39, 0.29) is 16.7 Å². The van der Waals surface area contributed by atoms with E-state index in [1.807, 2.05) is 24.0 Å². The second-order valence-electron chi connectivity index (χ2n) is 11.4. The van der Waals surface area contributed by atoms with E-state index >= 15 is 0 Å².